The topological polar surface area (TPSA) is 163 Å². The lowest BCUT2D eigenvalue weighted by molar-refractivity contribution is -0.141. The van der Waals surface area contributed by atoms with Crippen molar-refractivity contribution in [1.29, 1.82) is 0 Å². The number of ether oxygens (including phenoxy) is 2. The highest BCUT2D eigenvalue weighted by Crippen LogP contribution is 2.64. The molecule has 4 amide bonds. The first-order valence-electron chi connectivity index (χ1n) is 17.8. The third-order valence-electron chi connectivity index (χ3n) is 11.5. The first-order valence-corrected chi connectivity index (χ1v) is 18.6. The van der Waals surface area contributed by atoms with Gasteiger partial charge in [-0.15, -0.1) is 0 Å². The van der Waals surface area contributed by atoms with Crippen molar-refractivity contribution in [3.63, 3.8) is 0 Å². The Labute approximate surface area is 321 Å². The monoisotopic (exact) mass is 775 g/mol. The summed E-state index contributed by atoms with van der Waals surface area (Å²) in [6.45, 7) is 0.165. The molecule has 0 spiro atoms. The van der Waals surface area contributed by atoms with Crippen molar-refractivity contribution in [3.8, 4) is 17.2 Å². The third kappa shape index (κ3) is 6.05. The second-order valence-electron chi connectivity index (χ2n) is 14.2. The number of imide groups is 2. The average molecular weight is 777 g/mol. The maximum absolute atomic E-state index is 15.3. The molecule has 2 saturated heterocycles. The molecule has 3 N–H and O–H groups in total. The van der Waals surface area contributed by atoms with Gasteiger partial charge in [0.2, 0.25) is 11.8 Å². The zero-order valence-corrected chi connectivity index (χ0v) is 31.1. The number of hydrazine groups is 1. The highest BCUT2D eigenvalue weighted by Gasteiger charge is 2.70. The number of carbonyl (C=O) groups excluding carboxylic acids is 4. The summed E-state index contributed by atoms with van der Waals surface area (Å²) in [6, 6.07) is 16.5. The number of carboxylic acids is 1. The van der Waals surface area contributed by atoms with Crippen molar-refractivity contribution in [2.75, 3.05) is 26.2 Å². The maximum atomic E-state index is 15.3. The minimum absolute atomic E-state index is 0.00494. The number of aromatic hydroxyl groups is 1. The summed E-state index contributed by atoms with van der Waals surface area (Å²) < 4.78 is 10.8. The number of likely N-dealkylation sites (tertiary alicyclic amines) is 1. The predicted octanol–water partition coefficient (Wildman–Crippen LogP) is 6.35. The number of nitrogens with zero attached hydrogens (tertiary/aromatic N) is 2. The third-order valence-corrected chi connectivity index (χ3v) is 12.0. The molecule has 0 aromatic heterocycles. The molecule has 54 heavy (non-hydrogen) atoms. The highest BCUT2D eigenvalue weighted by atomic mass is 35.5. The van der Waals surface area contributed by atoms with E-state index in [9.17, 15) is 24.3 Å². The molecule has 7 rings (SSSR count). The van der Waals surface area contributed by atoms with Crippen LogP contribution in [0.3, 0.4) is 0 Å². The Morgan fingerprint density at radius 1 is 0.907 bits per heavy atom. The van der Waals surface area contributed by atoms with E-state index in [0.29, 0.717) is 41.2 Å². The van der Waals surface area contributed by atoms with Gasteiger partial charge in [0, 0.05) is 23.9 Å². The van der Waals surface area contributed by atoms with Gasteiger partial charge in [-0.25, -0.2) is 0 Å². The van der Waals surface area contributed by atoms with Crippen LogP contribution >= 0.6 is 23.2 Å². The number of carbonyl (C=O) groups is 5. The van der Waals surface area contributed by atoms with Gasteiger partial charge in [-0.1, -0.05) is 59.5 Å². The lowest BCUT2D eigenvalue weighted by Gasteiger charge is -2.50. The number of anilines is 1. The van der Waals surface area contributed by atoms with Crippen LogP contribution in [-0.4, -0.2) is 70.5 Å². The Bertz CT molecular complexity index is 2070. The van der Waals surface area contributed by atoms with Crippen LogP contribution in [0, 0.1) is 23.7 Å². The molecule has 2 aliphatic heterocycles. The van der Waals surface area contributed by atoms with Gasteiger partial charge in [-0.05, 0) is 85.2 Å². The number of rotatable bonds is 12. The fourth-order valence-corrected chi connectivity index (χ4v) is 9.56. The van der Waals surface area contributed by atoms with Crippen LogP contribution in [-0.2, 0) is 29.4 Å². The largest absolute Gasteiger partial charge is 0.504 e. The fourth-order valence-electron chi connectivity index (χ4n) is 9.11. The number of methoxy groups -OCH3 is 2. The summed E-state index contributed by atoms with van der Waals surface area (Å²) in [5.41, 5.74) is 3.43. The summed E-state index contributed by atoms with van der Waals surface area (Å²) in [7, 11) is 2.95. The van der Waals surface area contributed by atoms with E-state index in [2.05, 4.69) is 5.43 Å². The van der Waals surface area contributed by atoms with Crippen molar-refractivity contribution < 1.29 is 43.7 Å². The lowest BCUT2D eigenvalue weighted by Crippen LogP contribution is -2.53. The Hall–Kier alpha value is -5.07. The number of aliphatic carboxylic acids is 1. The standard InChI is InChI=1S/C40H39Cl2N3O9/c1-53-24-11-8-22(9-12-24)40-28(37(50)45(39(40)52)43-30-15-10-23(41)19-29(30)42)20-27-25(35(40)21-7-16-32(54-2)31(46)18-21)13-14-26-34(27)38(51)44(36(26)49)17-5-3-4-6-33(47)48/h7-13,15-16,18-19,26-28,34-35,43,46H,3-6,14,17,20H2,1-2H3,(H,47,48)/t26-,27+,28-,34-,35-,40+/m0/s1. The summed E-state index contributed by atoms with van der Waals surface area (Å²) in [5, 5.41) is 21.7. The molecule has 282 valence electrons. The second-order valence-corrected chi connectivity index (χ2v) is 15.0. The molecule has 3 aromatic rings. The number of hydrogen-bond donors (Lipinski definition) is 3. The number of fused-ring (bicyclic) bond motifs is 4. The number of phenolic OH excluding ortho intramolecular Hbond substituents is 1. The number of phenols is 1. The quantitative estimate of drug-likeness (QED) is 0.107. The fraction of sp³-hybridized carbons (Fsp3) is 0.375. The molecule has 3 fully saturated rings. The van der Waals surface area contributed by atoms with Gasteiger partial charge in [0.1, 0.15) is 5.75 Å². The molecule has 12 nitrogen and oxygen atoms in total. The number of unbranched alkanes of at least 4 members (excludes halogenated alkanes) is 2. The van der Waals surface area contributed by atoms with Gasteiger partial charge in [-0.2, -0.15) is 5.01 Å². The van der Waals surface area contributed by atoms with Crippen LogP contribution in [0.4, 0.5) is 5.69 Å². The molecule has 0 unspecified atom stereocenters. The zero-order valence-electron chi connectivity index (χ0n) is 29.6. The van der Waals surface area contributed by atoms with E-state index >= 15 is 4.79 Å². The molecule has 2 aliphatic carbocycles. The van der Waals surface area contributed by atoms with Gasteiger partial charge < -0.3 is 19.7 Å². The minimum atomic E-state index is -1.58. The molecular formula is C40H39Cl2N3O9. The molecule has 14 heteroatoms. The molecular weight excluding hydrogens is 737 g/mol. The second kappa shape index (κ2) is 14.6. The molecule has 0 radical (unpaired) electrons. The van der Waals surface area contributed by atoms with E-state index in [1.807, 2.05) is 6.08 Å². The van der Waals surface area contributed by atoms with E-state index in [4.69, 9.17) is 37.8 Å². The maximum Gasteiger partial charge on any atom is 0.303 e. The van der Waals surface area contributed by atoms with E-state index < -0.39 is 52.8 Å². The van der Waals surface area contributed by atoms with E-state index in [1.165, 1.54) is 31.3 Å². The number of halogens is 2. The molecule has 6 atom stereocenters. The minimum Gasteiger partial charge on any atom is -0.504 e. The molecule has 0 bridgehead atoms. The van der Waals surface area contributed by atoms with Gasteiger partial charge in [0.05, 0.1) is 48.1 Å². The van der Waals surface area contributed by atoms with E-state index in [-0.39, 0.29) is 59.8 Å². The number of benzene rings is 3. The van der Waals surface area contributed by atoms with Crippen LogP contribution in [0.2, 0.25) is 10.0 Å². The number of hydrogen-bond acceptors (Lipinski definition) is 9. The number of allylic oxidation sites excluding steroid dienone is 2. The Morgan fingerprint density at radius 2 is 1.67 bits per heavy atom. The Kier molecular flexibility index (Phi) is 10.1. The van der Waals surface area contributed by atoms with Crippen LogP contribution in [0.15, 0.2) is 72.3 Å². The Morgan fingerprint density at radius 3 is 2.33 bits per heavy atom. The molecule has 1 saturated carbocycles. The lowest BCUT2D eigenvalue weighted by atomic mass is 9.49. The van der Waals surface area contributed by atoms with Crippen molar-refractivity contribution in [2.45, 2.75) is 49.9 Å². The van der Waals surface area contributed by atoms with Crippen molar-refractivity contribution in [3.05, 3.63) is 93.5 Å². The van der Waals surface area contributed by atoms with Gasteiger partial charge in [0.25, 0.3) is 11.8 Å². The van der Waals surface area contributed by atoms with Gasteiger partial charge in [-0.3, -0.25) is 34.3 Å². The number of carboxylic acid groups (broad SMARTS) is 1. The Balaban J connectivity index is 1.37. The first kappa shape index (κ1) is 37.3. The number of nitrogens with one attached hydrogen (secondary N) is 1. The smallest absolute Gasteiger partial charge is 0.303 e. The van der Waals surface area contributed by atoms with Crippen LogP contribution in [0.1, 0.15) is 55.6 Å². The van der Waals surface area contributed by atoms with E-state index in [1.54, 1.807) is 48.5 Å². The SMILES string of the molecule is COc1ccc([C@@]23C(=O)N(Nc4ccc(Cl)cc4Cl)C(=O)[C@@H]2C[C@@H]2C(=CC[C@@H]4C(=O)N(CCCCCC(=O)O)C(=O)[C@@H]42)[C@@H]3c2ccc(OC)c(O)c2)cc1. The molecule has 2 heterocycles. The average Bonchev–Trinajstić information content (AvgIpc) is 3.52. The summed E-state index contributed by atoms with van der Waals surface area (Å²) in [6.07, 6.45) is 3.70. The summed E-state index contributed by atoms with van der Waals surface area (Å²) in [4.78, 5) is 70.6. The molecule has 4 aliphatic rings. The van der Waals surface area contributed by atoms with Gasteiger partial charge >= 0.3 is 5.97 Å². The normalized spacial score (nSPS) is 25.9. The van der Waals surface area contributed by atoms with Crippen molar-refractivity contribution in [2.24, 2.45) is 23.7 Å². The van der Waals surface area contributed by atoms with Gasteiger partial charge in [0.15, 0.2) is 11.5 Å². The van der Waals surface area contributed by atoms with E-state index in [0.717, 1.165) is 10.6 Å². The zero-order chi connectivity index (χ0) is 38.5. The summed E-state index contributed by atoms with van der Waals surface area (Å²) in [5.74, 6) is -6.00. The van der Waals surface area contributed by atoms with Crippen LogP contribution in [0.5, 0.6) is 17.2 Å². The van der Waals surface area contributed by atoms with Crippen LogP contribution < -0.4 is 14.9 Å². The predicted molar refractivity (Wildman–Crippen MR) is 198 cm³/mol. The number of amides is 4. The summed E-state index contributed by atoms with van der Waals surface area (Å²) >= 11 is 12.7. The van der Waals surface area contributed by atoms with Crippen LogP contribution in [0.25, 0.3) is 0 Å². The first-order chi connectivity index (χ1) is 25.9. The van der Waals surface area contributed by atoms with Crippen molar-refractivity contribution >= 4 is 58.5 Å². The highest BCUT2D eigenvalue weighted by molar-refractivity contribution is 6.36. The molecule has 3 aromatic carbocycles. The van der Waals surface area contributed by atoms with Crippen molar-refractivity contribution in [1.82, 2.24) is 9.91 Å².